The van der Waals surface area contributed by atoms with Crippen molar-refractivity contribution < 1.29 is 13.2 Å². The van der Waals surface area contributed by atoms with Crippen molar-refractivity contribution in [2.75, 3.05) is 0 Å². The molecule has 0 aliphatic rings. The van der Waals surface area contributed by atoms with Gasteiger partial charge in [-0.2, -0.15) is 3.97 Å². The predicted molar refractivity (Wildman–Crippen MR) is 111 cm³/mol. The summed E-state index contributed by atoms with van der Waals surface area (Å²) in [6.45, 7) is 1.67. The fraction of sp³-hybridized carbons (Fsp3) is 0.0909. The fourth-order valence-corrected chi connectivity index (χ4v) is 4.67. The van der Waals surface area contributed by atoms with Crippen LogP contribution in [0, 0.1) is 6.92 Å². The highest BCUT2D eigenvalue weighted by Crippen LogP contribution is 2.20. The average Bonchev–Trinajstić information content (AvgIpc) is 3.01. The van der Waals surface area contributed by atoms with Gasteiger partial charge in [0.1, 0.15) is 0 Å². The molecule has 4 aromatic rings. The summed E-state index contributed by atoms with van der Waals surface area (Å²) in [5, 5.41) is 0. The minimum atomic E-state index is -4.11. The molecule has 4 rings (SSSR count). The van der Waals surface area contributed by atoms with E-state index in [4.69, 9.17) is 0 Å². The minimum Gasteiger partial charge on any atom is -0.292 e. The molecular weight excluding hydrogens is 388 g/mol. The summed E-state index contributed by atoms with van der Waals surface area (Å²) < 4.78 is 28.3. The molecule has 0 unspecified atom stereocenters. The summed E-state index contributed by atoms with van der Waals surface area (Å²) in [7, 11) is -4.11. The summed E-state index contributed by atoms with van der Waals surface area (Å²) in [5.41, 5.74) is 1.33. The van der Waals surface area contributed by atoms with Gasteiger partial charge in [0, 0.05) is 5.56 Å². The normalized spacial score (nSPS) is 11.6. The SMILES string of the molecule is Cc1ccc(C(=O)Cn2c(=O)n(S(=O)(=O)c3ccccc3)c3ccccc32)cc1. The second-order valence-electron chi connectivity index (χ2n) is 6.73. The number of aromatic nitrogens is 2. The zero-order valence-corrected chi connectivity index (χ0v) is 16.5. The highest BCUT2D eigenvalue weighted by atomic mass is 32.2. The number of Topliss-reactive ketones (excluding diaryl/α,β-unsaturated/α-hetero) is 1. The maximum atomic E-state index is 13.1. The van der Waals surface area contributed by atoms with Crippen molar-refractivity contribution in [2.24, 2.45) is 0 Å². The van der Waals surface area contributed by atoms with Crippen molar-refractivity contribution in [3.63, 3.8) is 0 Å². The number of carbonyl (C=O) groups excluding carboxylic acids is 1. The second-order valence-corrected chi connectivity index (χ2v) is 8.52. The maximum absolute atomic E-state index is 13.1. The van der Waals surface area contributed by atoms with Crippen LogP contribution in [0.3, 0.4) is 0 Å². The largest absolute Gasteiger partial charge is 0.343 e. The quantitative estimate of drug-likeness (QED) is 0.477. The molecule has 0 atom stereocenters. The number of carbonyl (C=O) groups is 1. The number of para-hydroxylation sites is 2. The molecule has 0 amide bonds. The Labute approximate surface area is 167 Å². The van der Waals surface area contributed by atoms with Gasteiger partial charge >= 0.3 is 5.69 Å². The molecule has 0 aliphatic carbocycles. The Balaban J connectivity index is 1.87. The van der Waals surface area contributed by atoms with Gasteiger partial charge in [0.25, 0.3) is 10.0 Å². The standard InChI is InChI=1S/C22H18N2O4S/c1-16-11-13-17(14-12-16)21(25)15-23-19-9-5-6-10-20(19)24(22(23)26)29(27,28)18-7-3-2-4-8-18/h2-14H,15H2,1H3. The van der Waals surface area contributed by atoms with Crippen molar-refractivity contribution in [3.05, 3.63) is 100 Å². The molecule has 0 saturated heterocycles. The average molecular weight is 406 g/mol. The van der Waals surface area contributed by atoms with Crippen molar-refractivity contribution in [2.45, 2.75) is 18.4 Å². The lowest BCUT2D eigenvalue weighted by Crippen LogP contribution is -2.31. The van der Waals surface area contributed by atoms with E-state index in [-0.39, 0.29) is 22.7 Å². The summed E-state index contributed by atoms with van der Waals surface area (Å²) in [6.07, 6.45) is 0. The first-order valence-electron chi connectivity index (χ1n) is 9.00. The Morgan fingerprint density at radius 1 is 0.828 bits per heavy atom. The molecule has 6 nitrogen and oxygen atoms in total. The van der Waals surface area contributed by atoms with Gasteiger partial charge in [-0.25, -0.2) is 13.2 Å². The Hall–Kier alpha value is -3.45. The van der Waals surface area contributed by atoms with Gasteiger partial charge in [-0.05, 0) is 31.2 Å². The van der Waals surface area contributed by atoms with Crippen molar-refractivity contribution >= 4 is 26.8 Å². The lowest BCUT2D eigenvalue weighted by Gasteiger charge is -2.05. The topological polar surface area (TPSA) is 78.1 Å². The van der Waals surface area contributed by atoms with Gasteiger partial charge in [-0.3, -0.25) is 9.36 Å². The van der Waals surface area contributed by atoms with Gasteiger partial charge in [-0.15, -0.1) is 0 Å². The molecule has 3 aromatic carbocycles. The Morgan fingerprint density at radius 3 is 2.07 bits per heavy atom. The van der Waals surface area contributed by atoms with E-state index >= 15 is 0 Å². The Bertz CT molecular complexity index is 1370. The van der Waals surface area contributed by atoms with E-state index < -0.39 is 15.7 Å². The number of hydrogen-bond acceptors (Lipinski definition) is 4. The molecule has 0 radical (unpaired) electrons. The van der Waals surface area contributed by atoms with Crippen LogP contribution in [0.25, 0.3) is 11.0 Å². The fourth-order valence-electron chi connectivity index (χ4n) is 3.24. The molecule has 0 aliphatic heterocycles. The predicted octanol–water partition coefficient (Wildman–Crippen LogP) is 3.23. The summed E-state index contributed by atoms with van der Waals surface area (Å²) in [4.78, 5) is 25.9. The highest BCUT2D eigenvalue weighted by molar-refractivity contribution is 7.90. The number of benzene rings is 3. The van der Waals surface area contributed by atoms with Crippen LogP contribution < -0.4 is 5.69 Å². The summed E-state index contributed by atoms with van der Waals surface area (Å²) >= 11 is 0. The van der Waals surface area contributed by atoms with E-state index in [9.17, 15) is 18.0 Å². The van der Waals surface area contributed by atoms with Crippen molar-refractivity contribution in [3.8, 4) is 0 Å². The number of nitrogens with zero attached hydrogens (tertiary/aromatic N) is 2. The third-order valence-electron chi connectivity index (χ3n) is 4.75. The molecule has 0 bridgehead atoms. The molecule has 1 heterocycles. The molecule has 29 heavy (non-hydrogen) atoms. The van der Waals surface area contributed by atoms with Crippen LogP contribution in [0.2, 0.25) is 0 Å². The number of hydrogen-bond donors (Lipinski definition) is 0. The molecule has 0 saturated carbocycles. The minimum absolute atomic E-state index is 0.00913. The van der Waals surface area contributed by atoms with Crippen LogP contribution >= 0.6 is 0 Å². The van der Waals surface area contributed by atoms with Crippen LogP contribution in [0.15, 0.2) is 88.6 Å². The second kappa shape index (κ2) is 7.18. The van der Waals surface area contributed by atoms with Crippen LogP contribution in [-0.2, 0) is 16.6 Å². The van der Waals surface area contributed by atoms with E-state index in [1.807, 2.05) is 19.1 Å². The number of ketones is 1. The van der Waals surface area contributed by atoms with Gasteiger partial charge in [-0.1, -0.05) is 60.2 Å². The van der Waals surface area contributed by atoms with E-state index in [0.29, 0.717) is 11.1 Å². The number of rotatable bonds is 5. The molecular formula is C22H18N2O4S. The van der Waals surface area contributed by atoms with Gasteiger partial charge in [0.05, 0.1) is 22.5 Å². The summed E-state index contributed by atoms with van der Waals surface area (Å²) in [5.74, 6) is -0.271. The summed E-state index contributed by atoms with van der Waals surface area (Å²) in [6, 6.07) is 21.3. The molecule has 0 N–H and O–H groups in total. The molecule has 1 aromatic heterocycles. The third kappa shape index (κ3) is 3.30. The number of aryl methyl sites for hydroxylation is 1. The van der Waals surface area contributed by atoms with Gasteiger partial charge < -0.3 is 0 Å². The maximum Gasteiger partial charge on any atom is 0.343 e. The lowest BCUT2D eigenvalue weighted by atomic mass is 10.1. The number of fused-ring (bicyclic) bond motifs is 1. The zero-order chi connectivity index (χ0) is 20.6. The van der Waals surface area contributed by atoms with Crippen LogP contribution in [0.4, 0.5) is 0 Å². The molecule has 7 heteroatoms. The first kappa shape index (κ1) is 18.9. The Kier molecular flexibility index (Phi) is 4.68. The van der Waals surface area contributed by atoms with E-state index in [1.165, 1.54) is 16.7 Å². The third-order valence-corrected chi connectivity index (χ3v) is 6.45. The van der Waals surface area contributed by atoms with E-state index in [2.05, 4.69) is 0 Å². The van der Waals surface area contributed by atoms with E-state index in [1.54, 1.807) is 54.6 Å². The highest BCUT2D eigenvalue weighted by Gasteiger charge is 2.25. The van der Waals surface area contributed by atoms with Gasteiger partial charge in [0.15, 0.2) is 5.78 Å². The Morgan fingerprint density at radius 2 is 1.41 bits per heavy atom. The van der Waals surface area contributed by atoms with Gasteiger partial charge in [0.2, 0.25) is 0 Å². The number of imidazole rings is 1. The molecule has 146 valence electrons. The first-order valence-corrected chi connectivity index (χ1v) is 10.4. The molecule has 0 spiro atoms. The van der Waals surface area contributed by atoms with E-state index in [0.717, 1.165) is 9.54 Å². The monoisotopic (exact) mass is 406 g/mol. The van der Waals surface area contributed by atoms with Crippen molar-refractivity contribution in [1.29, 1.82) is 0 Å². The lowest BCUT2D eigenvalue weighted by molar-refractivity contribution is 0.0972. The van der Waals surface area contributed by atoms with Crippen molar-refractivity contribution in [1.82, 2.24) is 8.54 Å². The van der Waals surface area contributed by atoms with Crippen LogP contribution in [0.1, 0.15) is 15.9 Å². The smallest absolute Gasteiger partial charge is 0.292 e. The van der Waals surface area contributed by atoms with Crippen LogP contribution in [0.5, 0.6) is 0 Å². The first-order chi connectivity index (χ1) is 13.9. The zero-order valence-electron chi connectivity index (χ0n) is 15.6. The van der Waals surface area contributed by atoms with Crippen LogP contribution in [-0.4, -0.2) is 22.7 Å². The molecule has 0 fully saturated rings.